The average molecular weight is 533 g/mol. The lowest BCUT2D eigenvalue weighted by Gasteiger charge is -2.66. The number of benzene rings is 1. The summed E-state index contributed by atoms with van der Waals surface area (Å²) in [7, 11) is 0. The van der Waals surface area contributed by atoms with Crippen molar-refractivity contribution in [1.29, 1.82) is 0 Å². The number of rotatable bonds is 5. The molecule has 2 fully saturated rings. The Balaban J connectivity index is 1.57. The van der Waals surface area contributed by atoms with Crippen LogP contribution in [-0.2, 0) is 28.9 Å². The van der Waals surface area contributed by atoms with Crippen molar-refractivity contribution in [3.63, 3.8) is 0 Å². The van der Waals surface area contributed by atoms with Crippen LogP contribution in [0.1, 0.15) is 134 Å². The lowest BCUT2D eigenvalue weighted by molar-refractivity contribution is -0.182. The average Bonchev–Trinajstić information content (AvgIpc) is 2.86. The van der Waals surface area contributed by atoms with Crippen molar-refractivity contribution in [3.05, 3.63) is 45.0 Å². The van der Waals surface area contributed by atoms with E-state index in [1.54, 1.807) is 0 Å². The summed E-state index contributed by atoms with van der Waals surface area (Å²) in [5.74, 6) is 0.695. The molecule has 0 aliphatic heterocycles. The molecule has 1 N–H and O–H groups in total. The van der Waals surface area contributed by atoms with Crippen LogP contribution < -0.4 is 0 Å². The Morgan fingerprint density at radius 3 is 2.33 bits per heavy atom. The molecular formula is C36H52O3. The van der Waals surface area contributed by atoms with Gasteiger partial charge in [-0.25, -0.2) is 0 Å². The van der Waals surface area contributed by atoms with Gasteiger partial charge >= 0.3 is 0 Å². The van der Waals surface area contributed by atoms with E-state index < -0.39 is 11.5 Å². The normalized spacial score (nSPS) is 36.8. The van der Waals surface area contributed by atoms with Gasteiger partial charge in [0, 0.05) is 5.41 Å². The highest BCUT2D eigenvalue weighted by molar-refractivity contribution is 6.22. The second-order valence-corrected chi connectivity index (χ2v) is 14.9. The van der Waals surface area contributed by atoms with E-state index in [-0.39, 0.29) is 34.2 Å². The topological polar surface area (TPSA) is 54.4 Å². The zero-order chi connectivity index (χ0) is 28.5. The van der Waals surface area contributed by atoms with Gasteiger partial charge in [-0.15, -0.1) is 0 Å². The minimum Gasteiger partial charge on any atom is -0.388 e. The molecule has 0 spiro atoms. The molecule has 2 saturated carbocycles. The fourth-order valence-electron chi connectivity index (χ4n) is 10.4. The number of aliphatic hydroxyl groups is 1. The fourth-order valence-corrected chi connectivity index (χ4v) is 10.4. The second-order valence-electron chi connectivity index (χ2n) is 14.9. The number of Topliss-reactive ketones (excluding diaryl/α,β-unsaturated/α-hetero) is 2. The second kappa shape index (κ2) is 9.97. The first-order chi connectivity index (χ1) is 18.3. The largest absolute Gasteiger partial charge is 0.388 e. The van der Waals surface area contributed by atoms with Crippen LogP contribution in [0.4, 0.5) is 0 Å². The molecule has 0 radical (unpaired) electrons. The molecule has 4 aliphatic carbocycles. The molecule has 5 rings (SSSR count). The van der Waals surface area contributed by atoms with Crippen LogP contribution in [0.15, 0.2) is 17.2 Å². The molecule has 214 valence electrons. The van der Waals surface area contributed by atoms with Crippen LogP contribution in [0.2, 0.25) is 0 Å². The quantitative estimate of drug-likeness (QED) is 0.389. The van der Waals surface area contributed by atoms with Gasteiger partial charge in [0.2, 0.25) is 0 Å². The predicted molar refractivity (Wildman–Crippen MR) is 159 cm³/mol. The number of aliphatic hydroxyl groups excluding tert-OH is 1. The van der Waals surface area contributed by atoms with E-state index in [0.717, 1.165) is 49.2 Å². The maximum atomic E-state index is 14.2. The molecule has 1 aromatic rings. The molecule has 3 nitrogen and oxygen atoms in total. The molecular weight excluding hydrogens is 480 g/mol. The third-order valence-electron chi connectivity index (χ3n) is 12.5. The van der Waals surface area contributed by atoms with E-state index in [0.29, 0.717) is 5.57 Å². The zero-order valence-corrected chi connectivity index (χ0v) is 25.9. The molecule has 0 heterocycles. The highest BCUT2D eigenvalue weighted by atomic mass is 16.3. The Morgan fingerprint density at radius 1 is 1.05 bits per heavy atom. The van der Waals surface area contributed by atoms with E-state index in [4.69, 9.17) is 0 Å². The monoisotopic (exact) mass is 532 g/mol. The van der Waals surface area contributed by atoms with Gasteiger partial charge in [-0.2, -0.15) is 0 Å². The summed E-state index contributed by atoms with van der Waals surface area (Å²) in [4.78, 5) is 26.8. The molecule has 1 aromatic carbocycles. The molecule has 6 unspecified atom stereocenters. The SMILES string of the molecule is CCc1cc(CCC2CCCCC2)c(C)c2c1CC1(C)CC3(C)CC(C)=C(C(C)=O)C(=O)C3(C)C(C)C1C2O. The third kappa shape index (κ3) is 4.23. The maximum Gasteiger partial charge on any atom is 0.173 e. The van der Waals surface area contributed by atoms with Gasteiger partial charge in [-0.05, 0) is 116 Å². The smallest absolute Gasteiger partial charge is 0.173 e. The number of aryl methyl sites for hydroxylation is 2. The summed E-state index contributed by atoms with van der Waals surface area (Å²) in [6, 6.07) is 2.47. The number of allylic oxidation sites excluding steroid dienone is 2. The predicted octanol–water partition coefficient (Wildman–Crippen LogP) is 8.21. The summed E-state index contributed by atoms with van der Waals surface area (Å²) in [6.07, 6.45) is 12.3. The Bertz CT molecular complexity index is 1220. The Hall–Kier alpha value is -1.74. The molecule has 0 aromatic heterocycles. The van der Waals surface area contributed by atoms with Gasteiger partial charge in [0.05, 0.1) is 11.7 Å². The van der Waals surface area contributed by atoms with Gasteiger partial charge in [0.15, 0.2) is 11.6 Å². The summed E-state index contributed by atoms with van der Waals surface area (Å²) in [6.45, 7) is 17.0. The molecule has 0 saturated heterocycles. The number of carbonyl (C=O) groups excluding carboxylic acids is 2. The number of carbonyl (C=O) groups is 2. The van der Waals surface area contributed by atoms with E-state index in [1.807, 2.05) is 6.92 Å². The molecule has 0 amide bonds. The van der Waals surface area contributed by atoms with Crippen molar-refractivity contribution >= 4 is 11.6 Å². The standard InChI is InChI=1S/C36H52O3/c1-9-26-17-27(16-15-25-13-11-10-12-14-25)22(3)30-28(26)19-34(6)20-35(7)18-21(2)29(24(5)37)33(39)36(35,8)23(4)31(34)32(30)38/h17,23,25,31-32,38H,9-16,18-20H2,1-8H3. The number of hydrogen-bond donors (Lipinski definition) is 1. The highest BCUT2D eigenvalue weighted by Crippen LogP contribution is 2.70. The van der Waals surface area contributed by atoms with Crippen molar-refractivity contribution in [2.45, 2.75) is 132 Å². The van der Waals surface area contributed by atoms with Crippen LogP contribution in [-0.4, -0.2) is 16.7 Å². The Labute approximate surface area is 237 Å². The minimum absolute atomic E-state index is 0.0148. The third-order valence-corrected chi connectivity index (χ3v) is 12.5. The van der Waals surface area contributed by atoms with Crippen molar-refractivity contribution in [2.75, 3.05) is 0 Å². The number of fused-ring (bicyclic) bond motifs is 3. The first-order valence-corrected chi connectivity index (χ1v) is 15.9. The lowest BCUT2D eigenvalue weighted by Crippen LogP contribution is -2.63. The molecule has 39 heavy (non-hydrogen) atoms. The van der Waals surface area contributed by atoms with Crippen molar-refractivity contribution in [3.8, 4) is 0 Å². The van der Waals surface area contributed by atoms with E-state index >= 15 is 0 Å². The van der Waals surface area contributed by atoms with Crippen LogP contribution in [0, 0.1) is 40.9 Å². The molecule has 4 aliphatic rings. The number of hydrogen-bond acceptors (Lipinski definition) is 3. The van der Waals surface area contributed by atoms with E-state index in [9.17, 15) is 14.7 Å². The van der Waals surface area contributed by atoms with Crippen LogP contribution in [0.5, 0.6) is 0 Å². The van der Waals surface area contributed by atoms with Gasteiger partial charge in [-0.1, -0.05) is 78.4 Å². The molecule has 0 bridgehead atoms. The van der Waals surface area contributed by atoms with Crippen LogP contribution >= 0.6 is 0 Å². The first kappa shape index (κ1) is 28.8. The number of ketones is 2. The van der Waals surface area contributed by atoms with E-state index in [1.165, 1.54) is 67.7 Å². The first-order valence-electron chi connectivity index (χ1n) is 15.9. The summed E-state index contributed by atoms with van der Waals surface area (Å²) in [5.41, 5.74) is 7.02. The summed E-state index contributed by atoms with van der Waals surface area (Å²) in [5, 5.41) is 12.3. The van der Waals surface area contributed by atoms with Gasteiger partial charge < -0.3 is 5.11 Å². The van der Waals surface area contributed by atoms with Gasteiger partial charge in [0.1, 0.15) is 0 Å². The maximum absolute atomic E-state index is 14.2. The fraction of sp³-hybridized carbons (Fsp3) is 0.722. The Kier molecular flexibility index (Phi) is 7.35. The van der Waals surface area contributed by atoms with Gasteiger partial charge in [-0.3, -0.25) is 9.59 Å². The molecule has 3 heteroatoms. The van der Waals surface area contributed by atoms with Crippen molar-refractivity contribution in [2.24, 2.45) is 34.0 Å². The highest BCUT2D eigenvalue weighted by Gasteiger charge is 2.67. The summed E-state index contributed by atoms with van der Waals surface area (Å²) < 4.78 is 0. The van der Waals surface area contributed by atoms with Crippen LogP contribution in [0.25, 0.3) is 0 Å². The Morgan fingerprint density at radius 2 is 1.72 bits per heavy atom. The van der Waals surface area contributed by atoms with Gasteiger partial charge in [0.25, 0.3) is 0 Å². The van der Waals surface area contributed by atoms with Crippen molar-refractivity contribution in [1.82, 2.24) is 0 Å². The zero-order valence-electron chi connectivity index (χ0n) is 25.9. The molecule has 6 atom stereocenters. The van der Waals surface area contributed by atoms with E-state index in [2.05, 4.69) is 47.6 Å². The lowest BCUT2D eigenvalue weighted by atomic mass is 9.37. The minimum atomic E-state index is -0.670. The summed E-state index contributed by atoms with van der Waals surface area (Å²) >= 11 is 0. The van der Waals surface area contributed by atoms with Crippen molar-refractivity contribution < 1.29 is 14.7 Å². The van der Waals surface area contributed by atoms with Crippen LogP contribution in [0.3, 0.4) is 0 Å².